The molecule has 3 nitrogen and oxygen atoms in total. The molecule has 0 aliphatic carbocycles. The molecule has 0 aliphatic heterocycles. The van der Waals surface area contributed by atoms with Crippen LogP contribution in [-0.4, -0.2) is 16.1 Å². The Morgan fingerprint density at radius 3 is 2.81 bits per heavy atom. The van der Waals surface area contributed by atoms with Crippen LogP contribution in [0.3, 0.4) is 0 Å². The van der Waals surface area contributed by atoms with E-state index in [1.807, 2.05) is 0 Å². The van der Waals surface area contributed by atoms with Gasteiger partial charge in [-0.2, -0.15) is 0 Å². The highest BCUT2D eigenvalue weighted by molar-refractivity contribution is 6.38. The summed E-state index contributed by atoms with van der Waals surface area (Å²) in [4.78, 5) is 13.5. The topological polar surface area (TPSA) is 53.1 Å². The molecular weight excluding hydrogens is 249 g/mol. The van der Waals surface area contributed by atoms with Gasteiger partial charge in [-0.05, 0) is 24.1 Å². The molecule has 1 aromatic carbocycles. The van der Waals surface area contributed by atoms with Gasteiger partial charge in [0, 0.05) is 23.0 Å². The zero-order valence-corrected chi connectivity index (χ0v) is 9.77. The molecule has 0 radical (unpaired) electrons. The summed E-state index contributed by atoms with van der Waals surface area (Å²) in [6.07, 6.45) is 2.33. The number of carboxylic acid groups (broad SMARTS) is 1. The van der Waals surface area contributed by atoms with Crippen LogP contribution in [0.1, 0.15) is 12.0 Å². The third-order valence-electron chi connectivity index (χ3n) is 2.40. The smallest absolute Gasteiger partial charge is 0.303 e. The van der Waals surface area contributed by atoms with Gasteiger partial charge in [0.15, 0.2) is 0 Å². The lowest BCUT2D eigenvalue weighted by Gasteiger charge is -1.99. The molecule has 0 saturated heterocycles. The van der Waals surface area contributed by atoms with Gasteiger partial charge in [0.2, 0.25) is 0 Å². The molecule has 1 heterocycles. The molecule has 2 aromatic rings. The van der Waals surface area contributed by atoms with Crippen molar-refractivity contribution in [2.24, 2.45) is 0 Å². The predicted molar refractivity (Wildman–Crippen MR) is 64.3 cm³/mol. The van der Waals surface area contributed by atoms with Crippen molar-refractivity contribution >= 4 is 40.1 Å². The van der Waals surface area contributed by atoms with E-state index in [0.717, 1.165) is 16.5 Å². The van der Waals surface area contributed by atoms with Crippen LogP contribution in [0.5, 0.6) is 0 Å². The monoisotopic (exact) mass is 257 g/mol. The van der Waals surface area contributed by atoms with Crippen molar-refractivity contribution in [3.63, 3.8) is 0 Å². The summed E-state index contributed by atoms with van der Waals surface area (Å²) >= 11 is 11.9. The molecule has 5 heteroatoms. The van der Waals surface area contributed by atoms with Gasteiger partial charge in [0.1, 0.15) is 0 Å². The normalized spacial score (nSPS) is 10.9. The third kappa shape index (κ3) is 2.15. The molecule has 0 fully saturated rings. The first kappa shape index (κ1) is 11.3. The fraction of sp³-hybridized carbons (Fsp3) is 0.182. The van der Waals surface area contributed by atoms with Crippen LogP contribution in [0.2, 0.25) is 10.0 Å². The Bertz CT molecular complexity index is 548. The van der Waals surface area contributed by atoms with Crippen LogP contribution in [0.15, 0.2) is 18.3 Å². The van der Waals surface area contributed by atoms with E-state index >= 15 is 0 Å². The molecule has 16 heavy (non-hydrogen) atoms. The quantitative estimate of drug-likeness (QED) is 0.885. The average Bonchev–Trinajstić information content (AvgIpc) is 2.58. The first-order chi connectivity index (χ1) is 7.58. The first-order valence-corrected chi connectivity index (χ1v) is 5.50. The maximum atomic E-state index is 10.5. The van der Waals surface area contributed by atoms with Crippen molar-refractivity contribution in [1.29, 1.82) is 0 Å². The van der Waals surface area contributed by atoms with E-state index < -0.39 is 5.97 Å². The molecule has 2 N–H and O–H groups in total. The van der Waals surface area contributed by atoms with Crippen molar-refractivity contribution in [3.8, 4) is 0 Å². The van der Waals surface area contributed by atoms with Crippen molar-refractivity contribution in [1.82, 2.24) is 4.98 Å². The van der Waals surface area contributed by atoms with E-state index in [0.29, 0.717) is 16.5 Å². The number of rotatable bonds is 3. The van der Waals surface area contributed by atoms with Crippen LogP contribution in [-0.2, 0) is 11.2 Å². The van der Waals surface area contributed by atoms with Crippen molar-refractivity contribution in [2.45, 2.75) is 12.8 Å². The Labute approximate surface area is 102 Å². The minimum atomic E-state index is -0.817. The standard InChI is InChI=1S/C11H9Cl2NO2/c12-7-3-8-6(1-2-10(15)16)5-14-11(8)9(13)4-7/h3-5,14H,1-2H2,(H,15,16). The Balaban J connectivity index is 2.43. The van der Waals surface area contributed by atoms with E-state index in [9.17, 15) is 4.79 Å². The largest absolute Gasteiger partial charge is 0.481 e. The number of hydrogen-bond donors (Lipinski definition) is 2. The number of aromatic amines is 1. The summed E-state index contributed by atoms with van der Waals surface area (Å²) in [6.45, 7) is 0. The van der Waals surface area contributed by atoms with Gasteiger partial charge >= 0.3 is 5.97 Å². The highest BCUT2D eigenvalue weighted by Gasteiger charge is 2.09. The number of carbonyl (C=O) groups is 1. The van der Waals surface area contributed by atoms with Crippen LogP contribution < -0.4 is 0 Å². The first-order valence-electron chi connectivity index (χ1n) is 4.74. The van der Waals surface area contributed by atoms with Gasteiger partial charge in [-0.25, -0.2) is 0 Å². The molecule has 1 aromatic heterocycles. The number of carboxylic acids is 1. The Kier molecular flexibility index (Phi) is 3.08. The molecule has 0 spiro atoms. The number of H-pyrrole nitrogens is 1. The maximum absolute atomic E-state index is 10.5. The van der Waals surface area contributed by atoms with Crippen molar-refractivity contribution < 1.29 is 9.90 Å². The Morgan fingerprint density at radius 1 is 1.38 bits per heavy atom. The number of hydrogen-bond acceptors (Lipinski definition) is 1. The molecule has 2 rings (SSSR count). The number of benzene rings is 1. The van der Waals surface area contributed by atoms with Crippen molar-refractivity contribution in [3.05, 3.63) is 33.9 Å². The minimum Gasteiger partial charge on any atom is -0.481 e. The minimum absolute atomic E-state index is 0.0943. The Hall–Kier alpha value is -1.19. The van der Waals surface area contributed by atoms with Crippen LogP contribution in [0.4, 0.5) is 0 Å². The zero-order chi connectivity index (χ0) is 11.7. The molecule has 0 atom stereocenters. The number of aliphatic carboxylic acids is 1. The van der Waals surface area contributed by atoms with E-state index in [1.54, 1.807) is 18.3 Å². The van der Waals surface area contributed by atoms with E-state index in [4.69, 9.17) is 28.3 Å². The number of aryl methyl sites for hydroxylation is 1. The second kappa shape index (κ2) is 4.36. The molecule has 84 valence electrons. The fourth-order valence-corrected chi connectivity index (χ4v) is 2.21. The van der Waals surface area contributed by atoms with Gasteiger partial charge in [-0.3, -0.25) is 4.79 Å². The van der Waals surface area contributed by atoms with Crippen LogP contribution >= 0.6 is 23.2 Å². The predicted octanol–water partition coefficient (Wildman–Crippen LogP) is 3.49. The second-order valence-corrected chi connectivity index (χ2v) is 4.36. The van der Waals surface area contributed by atoms with Crippen LogP contribution in [0.25, 0.3) is 10.9 Å². The zero-order valence-electron chi connectivity index (χ0n) is 8.26. The molecule has 0 aliphatic rings. The van der Waals surface area contributed by atoms with Gasteiger partial charge < -0.3 is 10.1 Å². The lowest BCUT2D eigenvalue weighted by molar-refractivity contribution is -0.136. The van der Waals surface area contributed by atoms with E-state index in [-0.39, 0.29) is 6.42 Å². The van der Waals surface area contributed by atoms with Gasteiger partial charge in [-0.15, -0.1) is 0 Å². The summed E-state index contributed by atoms with van der Waals surface area (Å²) in [5.74, 6) is -0.817. The van der Waals surface area contributed by atoms with Crippen molar-refractivity contribution in [2.75, 3.05) is 0 Å². The van der Waals surface area contributed by atoms with Crippen LogP contribution in [0, 0.1) is 0 Å². The SMILES string of the molecule is O=C(O)CCc1c[nH]c2c(Cl)cc(Cl)cc12. The number of nitrogens with one attached hydrogen (secondary N) is 1. The van der Waals surface area contributed by atoms with Gasteiger partial charge in [0.25, 0.3) is 0 Å². The van der Waals surface area contributed by atoms with Gasteiger partial charge in [-0.1, -0.05) is 23.2 Å². The van der Waals surface area contributed by atoms with Gasteiger partial charge in [0.05, 0.1) is 10.5 Å². The summed E-state index contributed by atoms with van der Waals surface area (Å²) in [6, 6.07) is 3.44. The lowest BCUT2D eigenvalue weighted by atomic mass is 10.1. The Morgan fingerprint density at radius 2 is 2.12 bits per heavy atom. The highest BCUT2D eigenvalue weighted by atomic mass is 35.5. The molecule has 0 amide bonds. The summed E-state index contributed by atoms with van der Waals surface area (Å²) in [7, 11) is 0. The maximum Gasteiger partial charge on any atom is 0.303 e. The molecule has 0 bridgehead atoms. The lowest BCUT2D eigenvalue weighted by Crippen LogP contribution is -1.96. The number of halogens is 2. The summed E-state index contributed by atoms with van der Waals surface area (Å²) < 4.78 is 0. The van der Waals surface area contributed by atoms with E-state index in [1.165, 1.54) is 0 Å². The third-order valence-corrected chi connectivity index (χ3v) is 2.92. The number of fused-ring (bicyclic) bond motifs is 1. The van der Waals surface area contributed by atoms with E-state index in [2.05, 4.69) is 4.98 Å². The number of aromatic nitrogens is 1. The molecular formula is C11H9Cl2NO2. The summed E-state index contributed by atoms with van der Waals surface area (Å²) in [5.41, 5.74) is 1.72. The highest BCUT2D eigenvalue weighted by Crippen LogP contribution is 2.29. The second-order valence-electron chi connectivity index (χ2n) is 3.52. The molecule has 0 unspecified atom stereocenters. The molecule has 0 saturated carbocycles. The summed E-state index contributed by atoms with van der Waals surface area (Å²) in [5, 5.41) is 10.6. The fourth-order valence-electron chi connectivity index (χ4n) is 1.66. The average molecular weight is 258 g/mol.